The first kappa shape index (κ1) is 17.1. The Balaban J connectivity index is 1.60. The van der Waals surface area contributed by atoms with Crippen LogP contribution >= 0.6 is 11.3 Å². The maximum Gasteiger partial charge on any atom is 0.287 e. The molecule has 0 aliphatic carbocycles. The van der Waals surface area contributed by atoms with Crippen molar-refractivity contribution in [3.8, 4) is 10.8 Å². The summed E-state index contributed by atoms with van der Waals surface area (Å²) in [6, 6.07) is 11.0. The van der Waals surface area contributed by atoms with Gasteiger partial charge in [0.1, 0.15) is 0 Å². The molecule has 7 nitrogen and oxygen atoms in total. The van der Waals surface area contributed by atoms with E-state index in [1.807, 2.05) is 24.3 Å². The molecule has 2 amide bonds. The normalized spacial score (nSPS) is 10.8. The fourth-order valence-corrected chi connectivity index (χ4v) is 3.08. The number of rotatable bonds is 7. The van der Waals surface area contributed by atoms with E-state index in [1.165, 1.54) is 11.3 Å². The number of amides is 2. The maximum atomic E-state index is 12.1. The van der Waals surface area contributed by atoms with Gasteiger partial charge >= 0.3 is 0 Å². The van der Waals surface area contributed by atoms with Crippen molar-refractivity contribution in [2.24, 2.45) is 0 Å². The van der Waals surface area contributed by atoms with Gasteiger partial charge in [-0.3, -0.25) is 9.59 Å². The van der Waals surface area contributed by atoms with E-state index in [0.717, 1.165) is 10.2 Å². The lowest BCUT2D eigenvalue weighted by Gasteiger charge is -2.05. The van der Waals surface area contributed by atoms with E-state index in [4.69, 9.17) is 9.15 Å². The number of carbonyl (C=O) groups excluding carboxylic acids is 2. The third-order valence-electron chi connectivity index (χ3n) is 3.37. The molecule has 2 aromatic heterocycles. The SMILES string of the molecule is COCCNC(=O)CNC(=O)c1ccc(-c2nc3ccccc3s2)o1. The Kier molecular flexibility index (Phi) is 5.42. The Hall–Kier alpha value is -2.71. The smallest absolute Gasteiger partial charge is 0.287 e. The molecule has 0 unspecified atom stereocenters. The van der Waals surface area contributed by atoms with E-state index >= 15 is 0 Å². The second-order valence-electron chi connectivity index (χ2n) is 5.18. The van der Waals surface area contributed by atoms with Crippen LogP contribution in [0, 0.1) is 0 Å². The Morgan fingerprint density at radius 1 is 1.20 bits per heavy atom. The number of thiazole rings is 1. The second-order valence-corrected chi connectivity index (χ2v) is 6.21. The van der Waals surface area contributed by atoms with Crippen LogP contribution in [0.4, 0.5) is 0 Å². The highest BCUT2D eigenvalue weighted by Crippen LogP contribution is 2.30. The summed E-state index contributed by atoms with van der Waals surface area (Å²) < 4.78 is 11.5. The van der Waals surface area contributed by atoms with E-state index in [-0.39, 0.29) is 18.2 Å². The molecular formula is C17H17N3O4S. The molecule has 0 saturated heterocycles. The maximum absolute atomic E-state index is 12.1. The van der Waals surface area contributed by atoms with Gasteiger partial charge in [0.05, 0.1) is 23.4 Å². The molecule has 0 radical (unpaired) electrons. The van der Waals surface area contributed by atoms with Crippen molar-refractivity contribution < 1.29 is 18.7 Å². The van der Waals surface area contributed by atoms with Gasteiger partial charge in [-0.05, 0) is 24.3 Å². The first-order chi connectivity index (χ1) is 12.2. The summed E-state index contributed by atoms with van der Waals surface area (Å²) in [5.41, 5.74) is 0.887. The van der Waals surface area contributed by atoms with Crippen LogP contribution in [0.3, 0.4) is 0 Å². The minimum Gasteiger partial charge on any atom is -0.448 e. The zero-order chi connectivity index (χ0) is 17.6. The molecule has 3 aromatic rings. The Morgan fingerprint density at radius 2 is 2.04 bits per heavy atom. The molecule has 0 aliphatic rings. The van der Waals surface area contributed by atoms with E-state index in [0.29, 0.717) is 23.9 Å². The lowest BCUT2D eigenvalue weighted by Crippen LogP contribution is -2.38. The van der Waals surface area contributed by atoms with Crippen molar-refractivity contribution in [1.29, 1.82) is 0 Å². The number of carbonyl (C=O) groups is 2. The van der Waals surface area contributed by atoms with Gasteiger partial charge < -0.3 is 19.8 Å². The van der Waals surface area contributed by atoms with E-state index < -0.39 is 5.91 Å². The van der Waals surface area contributed by atoms with Gasteiger partial charge in [0.25, 0.3) is 5.91 Å². The molecule has 25 heavy (non-hydrogen) atoms. The fourth-order valence-electron chi connectivity index (χ4n) is 2.16. The standard InChI is InChI=1S/C17H17N3O4S/c1-23-9-8-18-15(21)10-19-16(22)12-6-7-13(24-12)17-20-11-4-2-3-5-14(11)25-17/h2-7H,8-10H2,1H3,(H,18,21)(H,19,22). The van der Waals surface area contributed by atoms with Crippen LogP contribution in [0.15, 0.2) is 40.8 Å². The summed E-state index contributed by atoms with van der Waals surface area (Å²) in [4.78, 5) is 28.1. The van der Waals surface area contributed by atoms with Gasteiger partial charge in [0, 0.05) is 13.7 Å². The van der Waals surface area contributed by atoms with Crippen molar-refractivity contribution in [3.63, 3.8) is 0 Å². The largest absolute Gasteiger partial charge is 0.448 e. The molecule has 0 bridgehead atoms. The topological polar surface area (TPSA) is 93.5 Å². The monoisotopic (exact) mass is 359 g/mol. The van der Waals surface area contributed by atoms with Gasteiger partial charge in [-0.25, -0.2) is 4.98 Å². The number of fused-ring (bicyclic) bond motifs is 1. The number of ether oxygens (including phenoxy) is 1. The van der Waals surface area contributed by atoms with Crippen molar-refractivity contribution in [2.75, 3.05) is 26.8 Å². The van der Waals surface area contributed by atoms with Gasteiger partial charge in [0.15, 0.2) is 16.5 Å². The van der Waals surface area contributed by atoms with Crippen LogP contribution in [0.1, 0.15) is 10.6 Å². The predicted molar refractivity (Wildman–Crippen MR) is 94.5 cm³/mol. The first-order valence-electron chi connectivity index (χ1n) is 7.67. The summed E-state index contributed by atoms with van der Waals surface area (Å²) in [5, 5.41) is 5.84. The third-order valence-corrected chi connectivity index (χ3v) is 4.42. The number of methoxy groups -OCH3 is 1. The van der Waals surface area contributed by atoms with Crippen molar-refractivity contribution in [2.45, 2.75) is 0 Å². The molecular weight excluding hydrogens is 342 g/mol. The molecule has 2 heterocycles. The van der Waals surface area contributed by atoms with Crippen LogP contribution in [0.5, 0.6) is 0 Å². The summed E-state index contributed by atoms with van der Waals surface area (Å²) in [7, 11) is 1.55. The van der Waals surface area contributed by atoms with E-state index in [2.05, 4.69) is 15.6 Å². The zero-order valence-electron chi connectivity index (χ0n) is 13.6. The van der Waals surface area contributed by atoms with Crippen molar-refractivity contribution in [3.05, 3.63) is 42.2 Å². The molecule has 2 N–H and O–H groups in total. The van der Waals surface area contributed by atoms with Crippen molar-refractivity contribution >= 4 is 33.4 Å². The van der Waals surface area contributed by atoms with Crippen LogP contribution < -0.4 is 10.6 Å². The number of nitrogens with one attached hydrogen (secondary N) is 2. The van der Waals surface area contributed by atoms with Crippen molar-refractivity contribution in [1.82, 2.24) is 15.6 Å². The van der Waals surface area contributed by atoms with Crippen LogP contribution in [-0.2, 0) is 9.53 Å². The van der Waals surface area contributed by atoms with Gasteiger partial charge in [-0.2, -0.15) is 0 Å². The summed E-state index contributed by atoms with van der Waals surface area (Å²) in [6.07, 6.45) is 0. The average Bonchev–Trinajstić information content (AvgIpc) is 3.26. The molecule has 0 aliphatic heterocycles. The molecule has 0 atom stereocenters. The number of benzene rings is 1. The van der Waals surface area contributed by atoms with E-state index in [1.54, 1.807) is 19.2 Å². The van der Waals surface area contributed by atoms with E-state index in [9.17, 15) is 9.59 Å². The van der Waals surface area contributed by atoms with Crippen LogP contribution in [0.2, 0.25) is 0 Å². The first-order valence-corrected chi connectivity index (χ1v) is 8.48. The number of hydrogen-bond donors (Lipinski definition) is 2. The number of furan rings is 1. The fraction of sp³-hybridized carbons (Fsp3) is 0.235. The Bertz CT molecular complexity index is 854. The molecule has 1 aromatic carbocycles. The highest BCUT2D eigenvalue weighted by Gasteiger charge is 2.15. The lowest BCUT2D eigenvalue weighted by atomic mass is 10.3. The molecule has 8 heteroatoms. The number of hydrogen-bond acceptors (Lipinski definition) is 6. The summed E-state index contributed by atoms with van der Waals surface area (Å²) in [5.74, 6) is -0.0764. The summed E-state index contributed by atoms with van der Waals surface area (Å²) >= 11 is 1.49. The Labute approximate surface area is 148 Å². The van der Waals surface area contributed by atoms with Crippen LogP contribution in [-0.4, -0.2) is 43.6 Å². The predicted octanol–water partition coefficient (Wildman–Crippen LogP) is 2.05. The molecule has 130 valence electrons. The second kappa shape index (κ2) is 7.91. The summed E-state index contributed by atoms with van der Waals surface area (Å²) in [6.45, 7) is 0.691. The average molecular weight is 359 g/mol. The Morgan fingerprint density at radius 3 is 2.84 bits per heavy atom. The molecule has 3 rings (SSSR count). The zero-order valence-corrected chi connectivity index (χ0v) is 14.4. The molecule has 0 saturated carbocycles. The minimum atomic E-state index is -0.450. The molecule has 0 spiro atoms. The minimum absolute atomic E-state index is 0.125. The third kappa shape index (κ3) is 4.23. The van der Waals surface area contributed by atoms with Gasteiger partial charge in [-0.1, -0.05) is 12.1 Å². The van der Waals surface area contributed by atoms with Gasteiger partial charge in [-0.15, -0.1) is 11.3 Å². The quantitative estimate of drug-likeness (QED) is 0.630. The van der Waals surface area contributed by atoms with Gasteiger partial charge in [0.2, 0.25) is 5.91 Å². The lowest BCUT2D eigenvalue weighted by molar-refractivity contribution is -0.120. The number of aromatic nitrogens is 1. The highest BCUT2D eigenvalue weighted by atomic mass is 32.1. The number of nitrogens with zero attached hydrogens (tertiary/aromatic N) is 1. The number of para-hydroxylation sites is 1. The van der Waals surface area contributed by atoms with Crippen LogP contribution in [0.25, 0.3) is 21.0 Å². The molecule has 0 fully saturated rings. The highest BCUT2D eigenvalue weighted by molar-refractivity contribution is 7.21.